The van der Waals surface area contributed by atoms with Crippen LogP contribution in [0.25, 0.3) is 10.9 Å². The number of anilines is 1. The van der Waals surface area contributed by atoms with Crippen LogP contribution in [0.3, 0.4) is 0 Å². The summed E-state index contributed by atoms with van der Waals surface area (Å²) in [6, 6.07) is 9.64. The van der Waals surface area contributed by atoms with Crippen molar-refractivity contribution in [1.82, 2.24) is 4.98 Å². The van der Waals surface area contributed by atoms with Gasteiger partial charge in [-0.2, -0.15) is 0 Å². The van der Waals surface area contributed by atoms with E-state index in [0.717, 1.165) is 36.1 Å². The zero-order valence-electron chi connectivity index (χ0n) is 15.9. The Hall–Kier alpha value is -1.93. The van der Waals surface area contributed by atoms with E-state index in [1.54, 1.807) is 7.11 Å². The number of rotatable bonds is 6. The molecule has 154 valence electrons. The minimum Gasteiger partial charge on any atom is -0.483 e. The van der Waals surface area contributed by atoms with Gasteiger partial charge in [0.15, 0.2) is 0 Å². The Kier molecular flexibility index (Phi) is 8.44. The first-order valence-corrected chi connectivity index (χ1v) is 9.54. The summed E-state index contributed by atoms with van der Waals surface area (Å²) in [5.41, 5.74) is 0.356. The van der Waals surface area contributed by atoms with Crippen molar-refractivity contribution >= 4 is 34.8 Å². The summed E-state index contributed by atoms with van der Waals surface area (Å²) in [4.78, 5) is 15.3. The molecule has 1 aromatic carbocycles. The van der Waals surface area contributed by atoms with Crippen molar-refractivity contribution in [3.8, 4) is 0 Å². The number of hydrogen-bond acceptors (Lipinski definition) is 6. The minimum atomic E-state index is -0.534. The topological polar surface area (TPSA) is 103 Å². The van der Waals surface area contributed by atoms with Crippen molar-refractivity contribution in [1.29, 1.82) is 0 Å². The molecule has 3 rings (SSSR count). The molecular weight excluding hydrogens is 384 g/mol. The largest absolute Gasteiger partial charge is 0.483 e. The summed E-state index contributed by atoms with van der Waals surface area (Å²) in [5.74, 6) is 0.867. The molecule has 0 spiro atoms. The summed E-state index contributed by atoms with van der Waals surface area (Å²) in [5, 5.41) is 29.1. The van der Waals surface area contributed by atoms with Gasteiger partial charge in [-0.3, -0.25) is 4.79 Å². The third kappa shape index (κ3) is 5.32. The maximum Gasteiger partial charge on any atom is 0.290 e. The molecule has 0 radical (unpaired) electrons. The molecule has 1 aliphatic rings. The summed E-state index contributed by atoms with van der Waals surface area (Å²) in [6.45, 7) is 1.64. The normalized spacial score (nSPS) is 21.9. The lowest BCUT2D eigenvalue weighted by Gasteiger charge is -2.46. The van der Waals surface area contributed by atoms with Gasteiger partial charge in [-0.15, -0.1) is 0 Å². The first-order valence-electron chi connectivity index (χ1n) is 9.16. The summed E-state index contributed by atoms with van der Waals surface area (Å²) in [7, 11) is 1.67. The van der Waals surface area contributed by atoms with Crippen molar-refractivity contribution in [2.45, 2.75) is 25.4 Å². The van der Waals surface area contributed by atoms with Gasteiger partial charge in [0.25, 0.3) is 6.47 Å². The zero-order valence-corrected chi connectivity index (χ0v) is 16.7. The van der Waals surface area contributed by atoms with Crippen molar-refractivity contribution in [2.75, 3.05) is 38.3 Å². The molecule has 0 amide bonds. The SMILES string of the molecule is COCCC[C@@]1(CO)CN(c2ccc3cc(Cl)ccc3n2)CC[C@H]1O.O=CO. The molecule has 2 aromatic rings. The van der Waals surface area contributed by atoms with E-state index >= 15 is 0 Å². The van der Waals surface area contributed by atoms with Gasteiger partial charge < -0.3 is 25.0 Å². The van der Waals surface area contributed by atoms with E-state index in [2.05, 4.69) is 4.90 Å². The Morgan fingerprint density at radius 2 is 2.14 bits per heavy atom. The lowest BCUT2D eigenvalue weighted by Crippen LogP contribution is -2.54. The highest BCUT2D eigenvalue weighted by atomic mass is 35.5. The fourth-order valence-electron chi connectivity index (χ4n) is 3.65. The van der Waals surface area contributed by atoms with E-state index in [4.69, 9.17) is 31.2 Å². The quantitative estimate of drug-likeness (QED) is 0.496. The number of aliphatic hydroxyl groups is 2. The highest BCUT2D eigenvalue weighted by Gasteiger charge is 2.42. The smallest absolute Gasteiger partial charge is 0.290 e. The van der Waals surface area contributed by atoms with Gasteiger partial charge in [0, 0.05) is 42.6 Å². The fraction of sp³-hybridized carbons (Fsp3) is 0.500. The van der Waals surface area contributed by atoms with Crippen LogP contribution in [-0.4, -0.2) is 66.3 Å². The number of benzene rings is 1. The number of methoxy groups -OCH3 is 1. The summed E-state index contributed by atoms with van der Waals surface area (Å²) >= 11 is 6.04. The van der Waals surface area contributed by atoms with Crippen LogP contribution < -0.4 is 4.90 Å². The second-order valence-corrected chi connectivity index (χ2v) is 7.39. The number of carboxylic acid groups (broad SMARTS) is 1. The molecule has 0 unspecified atom stereocenters. The van der Waals surface area contributed by atoms with Gasteiger partial charge in [-0.1, -0.05) is 11.6 Å². The minimum absolute atomic E-state index is 0.0441. The average molecular weight is 411 g/mol. The van der Waals surface area contributed by atoms with E-state index in [0.29, 0.717) is 24.6 Å². The predicted molar refractivity (Wildman–Crippen MR) is 109 cm³/mol. The number of aromatic nitrogens is 1. The van der Waals surface area contributed by atoms with Crippen LogP contribution in [0, 0.1) is 5.41 Å². The molecule has 0 bridgehead atoms. The Bertz CT molecular complexity index is 775. The second kappa shape index (κ2) is 10.6. The van der Waals surface area contributed by atoms with Crippen molar-refractivity contribution in [3.05, 3.63) is 35.4 Å². The van der Waals surface area contributed by atoms with Crippen LogP contribution >= 0.6 is 11.6 Å². The van der Waals surface area contributed by atoms with Gasteiger partial charge in [0.05, 0.1) is 18.2 Å². The molecule has 3 N–H and O–H groups in total. The first kappa shape index (κ1) is 22.4. The average Bonchev–Trinajstić information content (AvgIpc) is 2.70. The second-order valence-electron chi connectivity index (χ2n) is 6.95. The maximum atomic E-state index is 10.5. The molecule has 2 heterocycles. The van der Waals surface area contributed by atoms with Crippen LogP contribution in [0.1, 0.15) is 19.3 Å². The number of halogens is 1. The van der Waals surface area contributed by atoms with Gasteiger partial charge in [-0.25, -0.2) is 4.98 Å². The number of hydrogen-bond donors (Lipinski definition) is 3. The Labute approximate surface area is 169 Å². The molecule has 1 aliphatic heterocycles. The van der Waals surface area contributed by atoms with Crippen molar-refractivity contribution in [2.24, 2.45) is 5.41 Å². The molecule has 2 atom stereocenters. The Morgan fingerprint density at radius 1 is 1.39 bits per heavy atom. The molecule has 1 saturated heterocycles. The zero-order chi connectivity index (χ0) is 20.6. The number of piperidine rings is 1. The molecule has 0 aliphatic carbocycles. The number of ether oxygens (including phenoxy) is 1. The summed E-state index contributed by atoms with van der Waals surface area (Å²) < 4.78 is 5.13. The molecular formula is C20H27ClN2O5. The van der Waals surface area contributed by atoms with E-state index in [1.165, 1.54) is 0 Å². The van der Waals surface area contributed by atoms with E-state index in [9.17, 15) is 10.2 Å². The van der Waals surface area contributed by atoms with E-state index < -0.39 is 11.5 Å². The first-order chi connectivity index (χ1) is 13.5. The fourth-order valence-corrected chi connectivity index (χ4v) is 3.84. The number of pyridine rings is 1. The number of nitrogens with zero attached hydrogens (tertiary/aromatic N) is 2. The predicted octanol–water partition coefficient (Wildman–Crippen LogP) is 2.57. The number of fused-ring (bicyclic) bond motifs is 1. The third-order valence-electron chi connectivity index (χ3n) is 5.18. The van der Waals surface area contributed by atoms with E-state index in [-0.39, 0.29) is 13.1 Å². The summed E-state index contributed by atoms with van der Waals surface area (Å²) in [6.07, 6.45) is 1.64. The molecule has 8 heteroatoms. The Morgan fingerprint density at radius 3 is 2.82 bits per heavy atom. The Balaban J connectivity index is 0.000000878. The van der Waals surface area contributed by atoms with Gasteiger partial charge in [0.1, 0.15) is 5.82 Å². The van der Waals surface area contributed by atoms with Crippen LogP contribution in [0.5, 0.6) is 0 Å². The molecule has 1 aromatic heterocycles. The molecule has 0 saturated carbocycles. The lowest BCUT2D eigenvalue weighted by atomic mass is 9.74. The molecule has 1 fully saturated rings. The van der Waals surface area contributed by atoms with Gasteiger partial charge >= 0.3 is 0 Å². The number of aliphatic hydroxyl groups excluding tert-OH is 2. The molecule has 7 nitrogen and oxygen atoms in total. The standard InChI is InChI=1S/C19H25ClN2O3.CH2O2/c1-25-10-2-8-19(13-23)12-22(9-7-17(19)24)18-6-3-14-11-15(20)4-5-16(14)21-18;2-1-3/h3-6,11,17,23-24H,2,7-10,12-13H2,1H3;1H,(H,2,3)/t17-,19+;/m1./s1. The third-order valence-corrected chi connectivity index (χ3v) is 5.42. The van der Waals surface area contributed by atoms with Crippen molar-refractivity contribution in [3.63, 3.8) is 0 Å². The maximum absolute atomic E-state index is 10.5. The monoisotopic (exact) mass is 410 g/mol. The van der Waals surface area contributed by atoms with E-state index in [1.807, 2.05) is 30.3 Å². The highest BCUT2D eigenvalue weighted by Crippen LogP contribution is 2.36. The number of carbonyl (C=O) groups is 1. The van der Waals surface area contributed by atoms with Crippen LogP contribution in [0.2, 0.25) is 5.02 Å². The van der Waals surface area contributed by atoms with Crippen LogP contribution in [0.15, 0.2) is 30.3 Å². The van der Waals surface area contributed by atoms with Gasteiger partial charge in [0.2, 0.25) is 0 Å². The highest BCUT2D eigenvalue weighted by molar-refractivity contribution is 6.31. The van der Waals surface area contributed by atoms with Gasteiger partial charge in [-0.05, 0) is 49.6 Å². The van der Waals surface area contributed by atoms with Crippen molar-refractivity contribution < 1.29 is 24.9 Å². The lowest BCUT2D eigenvalue weighted by molar-refractivity contribution is -0.122. The molecule has 28 heavy (non-hydrogen) atoms. The van der Waals surface area contributed by atoms with Crippen LogP contribution in [0.4, 0.5) is 5.82 Å². The van der Waals surface area contributed by atoms with Crippen LogP contribution in [-0.2, 0) is 9.53 Å².